The van der Waals surface area contributed by atoms with Gasteiger partial charge < -0.3 is 9.64 Å². The predicted molar refractivity (Wildman–Crippen MR) is 100 cm³/mol. The summed E-state index contributed by atoms with van der Waals surface area (Å²) in [5.41, 5.74) is 0.541. The van der Waals surface area contributed by atoms with E-state index in [-0.39, 0.29) is 18.6 Å². The molecule has 2 aromatic carbocycles. The summed E-state index contributed by atoms with van der Waals surface area (Å²) in [4.78, 5) is 14.6. The Hall–Kier alpha value is -2.34. The van der Waals surface area contributed by atoms with Gasteiger partial charge in [0.2, 0.25) is 0 Å². The number of likely N-dealkylation sites (tertiary alicyclic amines) is 1. The molecule has 26 heavy (non-hydrogen) atoms. The first-order chi connectivity index (χ1) is 12.4. The van der Waals surface area contributed by atoms with Crippen molar-refractivity contribution >= 4 is 15.7 Å². The first-order valence-electron chi connectivity index (χ1n) is 8.73. The molecule has 0 bridgehead atoms. The summed E-state index contributed by atoms with van der Waals surface area (Å²) in [5, 5.41) is -0.558. The van der Waals surface area contributed by atoms with Crippen LogP contribution in [-0.4, -0.2) is 43.7 Å². The Morgan fingerprint density at radius 1 is 1.08 bits per heavy atom. The number of sulfone groups is 1. The largest absolute Gasteiger partial charge is 0.491 e. The second-order valence-corrected chi connectivity index (χ2v) is 8.94. The highest BCUT2D eigenvalue weighted by atomic mass is 32.2. The van der Waals surface area contributed by atoms with E-state index in [9.17, 15) is 13.2 Å². The molecule has 1 atom stereocenters. The van der Waals surface area contributed by atoms with E-state index in [2.05, 4.69) is 0 Å². The van der Waals surface area contributed by atoms with E-state index >= 15 is 0 Å². The molecule has 3 rings (SSSR count). The molecule has 0 N–H and O–H groups in total. The predicted octanol–water partition coefficient (Wildman–Crippen LogP) is 3.16. The minimum Gasteiger partial charge on any atom is -0.491 e. The fraction of sp³-hybridized carbons (Fsp3) is 0.350. The fourth-order valence-corrected chi connectivity index (χ4v) is 4.81. The van der Waals surface area contributed by atoms with Crippen molar-refractivity contribution in [3.05, 3.63) is 60.2 Å². The van der Waals surface area contributed by atoms with Crippen LogP contribution in [0.3, 0.4) is 0 Å². The number of nitrogens with zero attached hydrogens (tertiary/aromatic N) is 1. The summed E-state index contributed by atoms with van der Waals surface area (Å²) >= 11 is 0. The molecule has 138 valence electrons. The lowest BCUT2D eigenvalue weighted by molar-refractivity contribution is 0.0793. The van der Waals surface area contributed by atoms with Crippen molar-refractivity contribution in [2.75, 3.05) is 13.1 Å². The summed E-state index contributed by atoms with van der Waals surface area (Å²) < 4.78 is 31.0. The van der Waals surface area contributed by atoms with E-state index in [4.69, 9.17) is 4.74 Å². The number of carbonyl (C=O) groups is 1. The molecular formula is C20H23NO4S. The van der Waals surface area contributed by atoms with Gasteiger partial charge in [-0.3, -0.25) is 4.79 Å². The van der Waals surface area contributed by atoms with Crippen molar-refractivity contribution in [1.29, 1.82) is 0 Å². The van der Waals surface area contributed by atoms with Crippen LogP contribution in [0.25, 0.3) is 0 Å². The molecule has 2 aromatic rings. The second kappa shape index (κ2) is 7.50. The van der Waals surface area contributed by atoms with Crippen molar-refractivity contribution < 1.29 is 17.9 Å². The number of ether oxygens (including phenoxy) is 1. The van der Waals surface area contributed by atoms with Crippen LogP contribution in [0.1, 0.15) is 30.6 Å². The lowest BCUT2D eigenvalue weighted by Gasteiger charge is -2.17. The average molecular weight is 373 g/mol. The highest BCUT2D eigenvalue weighted by Gasteiger charge is 2.36. The van der Waals surface area contributed by atoms with Gasteiger partial charge in [-0.05, 0) is 56.7 Å². The smallest absolute Gasteiger partial charge is 0.253 e. The summed E-state index contributed by atoms with van der Waals surface area (Å²) in [5.74, 6) is 0.564. The lowest BCUT2D eigenvalue weighted by Crippen LogP contribution is -2.31. The Labute approximate surface area is 154 Å². The third-order valence-electron chi connectivity index (χ3n) is 4.42. The van der Waals surface area contributed by atoms with Gasteiger partial charge in [-0.25, -0.2) is 8.42 Å². The van der Waals surface area contributed by atoms with E-state index in [0.29, 0.717) is 29.2 Å². The second-order valence-electron chi connectivity index (χ2n) is 6.71. The van der Waals surface area contributed by atoms with Gasteiger partial charge in [-0.2, -0.15) is 0 Å². The van der Waals surface area contributed by atoms with Gasteiger partial charge in [0.1, 0.15) is 5.75 Å². The van der Waals surface area contributed by atoms with Crippen LogP contribution in [0.15, 0.2) is 59.5 Å². The lowest BCUT2D eigenvalue weighted by atomic mass is 10.2. The number of hydrogen-bond acceptors (Lipinski definition) is 4. The summed E-state index contributed by atoms with van der Waals surface area (Å²) in [6.07, 6.45) is 0.524. The number of hydrogen-bond donors (Lipinski definition) is 0. The molecule has 1 heterocycles. The zero-order chi connectivity index (χ0) is 18.7. The van der Waals surface area contributed by atoms with Crippen LogP contribution in [0, 0.1) is 0 Å². The van der Waals surface area contributed by atoms with E-state index in [0.717, 1.165) is 0 Å². The molecule has 1 aliphatic heterocycles. The van der Waals surface area contributed by atoms with Crippen LogP contribution in [-0.2, 0) is 9.84 Å². The number of carbonyl (C=O) groups excluding carboxylic acids is 1. The molecule has 0 radical (unpaired) electrons. The van der Waals surface area contributed by atoms with E-state index in [1.165, 1.54) is 0 Å². The summed E-state index contributed by atoms with van der Waals surface area (Å²) in [6, 6.07) is 15.4. The third kappa shape index (κ3) is 3.90. The normalized spacial score (nSPS) is 17.5. The van der Waals surface area contributed by atoms with E-state index < -0.39 is 15.1 Å². The molecule has 0 saturated carbocycles. The summed E-state index contributed by atoms with van der Waals surface area (Å²) in [6.45, 7) is 4.55. The Bertz CT molecular complexity index is 860. The van der Waals surface area contributed by atoms with Crippen molar-refractivity contribution in [3.63, 3.8) is 0 Å². The number of amides is 1. The SMILES string of the molecule is CC(C)Oc1ccc(C(=O)N2CCC(S(=O)(=O)c3ccccc3)C2)cc1. The maximum Gasteiger partial charge on any atom is 0.253 e. The Morgan fingerprint density at radius 3 is 2.35 bits per heavy atom. The molecule has 5 nitrogen and oxygen atoms in total. The first-order valence-corrected chi connectivity index (χ1v) is 10.3. The van der Waals surface area contributed by atoms with Gasteiger partial charge >= 0.3 is 0 Å². The van der Waals surface area contributed by atoms with E-state index in [1.54, 1.807) is 59.5 Å². The zero-order valence-electron chi connectivity index (χ0n) is 15.0. The molecule has 1 aliphatic rings. The molecule has 1 saturated heterocycles. The molecule has 1 amide bonds. The van der Waals surface area contributed by atoms with Gasteiger partial charge in [0, 0.05) is 18.7 Å². The Morgan fingerprint density at radius 2 is 1.73 bits per heavy atom. The topological polar surface area (TPSA) is 63.7 Å². The molecule has 1 unspecified atom stereocenters. The van der Waals surface area contributed by atoms with Crippen LogP contribution >= 0.6 is 0 Å². The molecule has 1 fully saturated rings. The zero-order valence-corrected chi connectivity index (χ0v) is 15.8. The molecule has 6 heteroatoms. The van der Waals surface area contributed by atoms with Gasteiger partial charge in [-0.1, -0.05) is 18.2 Å². The van der Waals surface area contributed by atoms with Crippen LogP contribution in [0.2, 0.25) is 0 Å². The standard InChI is InChI=1S/C20H23NO4S/c1-15(2)25-17-10-8-16(9-11-17)20(22)21-13-12-19(14-21)26(23,24)18-6-4-3-5-7-18/h3-11,15,19H,12-14H2,1-2H3. The Balaban J connectivity index is 1.69. The minimum atomic E-state index is -3.42. The van der Waals surface area contributed by atoms with Crippen molar-refractivity contribution in [3.8, 4) is 5.75 Å². The van der Waals surface area contributed by atoms with Gasteiger partial charge in [-0.15, -0.1) is 0 Å². The molecule has 0 aliphatic carbocycles. The molecule has 0 spiro atoms. The van der Waals surface area contributed by atoms with Crippen LogP contribution in [0.5, 0.6) is 5.75 Å². The van der Waals surface area contributed by atoms with Gasteiger partial charge in [0.05, 0.1) is 16.2 Å². The van der Waals surface area contributed by atoms with Crippen molar-refractivity contribution in [2.24, 2.45) is 0 Å². The third-order valence-corrected chi connectivity index (χ3v) is 6.61. The van der Waals surface area contributed by atoms with Gasteiger partial charge in [0.25, 0.3) is 5.91 Å². The van der Waals surface area contributed by atoms with Crippen LogP contribution < -0.4 is 4.74 Å². The number of rotatable bonds is 5. The van der Waals surface area contributed by atoms with Crippen LogP contribution in [0.4, 0.5) is 0 Å². The number of benzene rings is 2. The molecular weight excluding hydrogens is 350 g/mol. The Kier molecular flexibility index (Phi) is 5.32. The highest BCUT2D eigenvalue weighted by Crippen LogP contribution is 2.25. The monoisotopic (exact) mass is 373 g/mol. The average Bonchev–Trinajstić information content (AvgIpc) is 3.13. The maximum absolute atomic E-state index is 12.7. The summed E-state index contributed by atoms with van der Waals surface area (Å²) in [7, 11) is -3.42. The van der Waals surface area contributed by atoms with Gasteiger partial charge in [0.15, 0.2) is 9.84 Å². The van der Waals surface area contributed by atoms with Crippen molar-refractivity contribution in [2.45, 2.75) is 36.5 Å². The molecule has 0 aromatic heterocycles. The first kappa shape index (κ1) is 18.5. The minimum absolute atomic E-state index is 0.0686. The fourth-order valence-electron chi connectivity index (χ4n) is 3.10. The van der Waals surface area contributed by atoms with Crippen molar-refractivity contribution in [1.82, 2.24) is 4.90 Å². The highest BCUT2D eigenvalue weighted by molar-refractivity contribution is 7.92. The quantitative estimate of drug-likeness (QED) is 0.808. The maximum atomic E-state index is 12.7. The van der Waals surface area contributed by atoms with E-state index in [1.807, 2.05) is 13.8 Å².